The van der Waals surface area contributed by atoms with E-state index >= 15 is 0 Å². The summed E-state index contributed by atoms with van der Waals surface area (Å²) >= 11 is 0. The van der Waals surface area contributed by atoms with Crippen LogP contribution in [0.1, 0.15) is 16.7 Å². The summed E-state index contributed by atoms with van der Waals surface area (Å²) in [5.41, 5.74) is 4.01. The third-order valence-electron chi connectivity index (χ3n) is 4.26. The first-order valence-corrected chi connectivity index (χ1v) is 10.9. The van der Waals surface area contributed by atoms with Crippen LogP contribution >= 0.6 is 0 Å². The molecule has 0 spiro atoms. The van der Waals surface area contributed by atoms with Crippen LogP contribution in [-0.4, -0.2) is 0 Å². The Kier molecular flexibility index (Phi) is 93.2. The molecule has 211 valence electrons. The van der Waals surface area contributed by atoms with Crippen LogP contribution in [0.2, 0.25) is 0 Å². The normalized spacial score (nSPS) is 8.37. The third-order valence-corrected chi connectivity index (χ3v) is 4.26. The van der Waals surface area contributed by atoms with E-state index in [9.17, 15) is 0 Å². The minimum absolute atomic E-state index is 0. The Labute approximate surface area is 445 Å². The fraction of sp³-hybridized carbons (Fsp3) is 0.0571. The molecule has 0 amide bonds. The van der Waals surface area contributed by atoms with Gasteiger partial charge in [0.15, 0.2) is 0 Å². The predicted molar refractivity (Wildman–Crippen MR) is 158 cm³/mol. The van der Waals surface area contributed by atoms with Gasteiger partial charge >= 0.3 is 53.8 Å². The summed E-state index contributed by atoms with van der Waals surface area (Å²) in [4.78, 5) is 0. The molecule has 0 bridgehead atoms. The van der Waals surface area contributed by atoms with Crippen LogP contribution in [0.4, 0.5) is 0 Å². The molecule has 0 saturated heterocycles. The number of rotatable bonds is 3. The van der Waals surface area contributed by atoms with E-state index in [0.29, 0.717) is 0 Å². The molecule has 0 fully saturated rings. The maximum Gasteiger partial charge on any atom is 3.00 e. The Morgan fingerprint density at radius 3 is 1.21 bits per heavy atom. The molecule has 0 aliphatic heterocycles. The summed E-state index contributed by atoms with van der Waals surface area (Å²) in [6.07, 6.45) is 16.7. The largest absolute Gasteiger partial charge is 3.00 e. The molecule has 8 heteroatoms. The average Bonchev–Trinajstić information content (AvgIpc) is 3.28. The van der Waals surface area contributed by atoms with Crippen molar-refractivity contribution in [1.82, 2.24) is 0 Å². The van der Waals surface area contributed by atoms with Gasteiger partial charge in [0.05, 0.1) is 0 Å². The average molecular weight is 1360 g/mol. The van der Waals surface area contributed by atoms with Crippen LogP contribution in [0.5, 0.6) is 0 Å². The fourth-order valence-corrected chi connectivity index (χ4v) is 2.85. The van der Waals surface area contributed by atoms with Crippen molar-refractivity contribution in [2.24, 2.45) is 0 Å². The van der Waals surface area contributed by atoms with Crippen LogP contribution < -0.4 is 0 Å². The molecule has 1 aliphatic rings. The molecule has 43 heavy (non-hydrogen) atoms. The zero-order chi connectivity index (χ0) is 25.4. The van der Waals surface area contributed by atoms with E-state index in [1.165, 1.54) is 53.0 Å². The molecular weight excluding hydrogens is 1320 g/mol. The topological polar surface area (TPSA) is 0 Å². The second kappa shape index (κ2) is 55.3. The van der Waals surface area contributed by atoms with Crippen molar-refractivity contribution in [2.45, 2.75) is 12.8 Å². The van der Waals surface area contributed by atoms with Gasteiger partial charge in [-0.2, -0.15) is 12.1 Å². The summed E-state index contributed by atoms with van der Waals surface area (Å²) in [5, 5.41) is 2.92. The minimum atomic E-state index is 0. The van der Waals surface area contributed by atoms with Gasteiger partial charge in [-0.15, -0.1) is 6.07 Å². The minimum Gasteiger partial charge on any atom is -0.374 e. The molecule has 4 rings (SSSR count). The smallest absolute Gasteiger partial charge is 0.374 e. The molecule has 0 saturated carbocycles. The molecule has 3 aromatic rings. The van der Waals surface area contributed by atoms with Crippen molar-refractivity contribution in [2.75, 3.05) is 0 Å². The number of aryl methyl sites for hydroxylation is 2. The Bertz CT molecular complexity index is 990. The first kappa shape index (κ1) is 72.5. The molecule has 0 nitrogen and oxygen atoms in total. The first-order valence-electron chi connectivity index (χ1n) is 10.9. The molecular formula is C35H37W2Y6-4. The van der Waals surface area contributed by atoms with E-state index in [2.05, 4.69) is 70.2 Å². The zero-order valence-corrected chi connectivity index (χ0v) is 48.1. The monoisotopic (exact) mass is 1360 g/mol. The summed E-state index contributed by atoms with van der Waals surface area (Å²) in [6, 6.07) is 23.8. The number of hydrogen-bond donors (Lipinski definition) is 0. The van der Waals surface area contributed by atoms with E-state index in [1.807, 2.05) is 24.3 Å². The summed E-state index contributed by atoms with van der Waals surface area (Å²) in [5.74, 6) is 0. The maximum atomic E-state index is 4.89. The van der Waals surface area contributed by atoms with Gasteiger partial charge in [-0.3, -0.25) is 25.8 Å². The van der Waals surface area contributed by atoms with Gasteiger partial charge in [-0.05, 0) is 34.7 Å². The quantitative estimate of drug-likeness (QED) is 0.182. The third kappa shape index (κ3) is 40.2. The van der Waals surface area contributed by atoms with Gasteiger partial charge in [0.1, 0.15) is 0 Å². The van der Waals surface area contributed by atoms with E-state index in [0.717, 1.165) is 5.56 Å². The Morgan fingerprint density at radius 2 is 1.00 bits per heavy atom. The van der Waals surface area contributed by atoms with Crippen molar-refractivity contribution in [3.63, 3.8) is 0 Å². The Balaban J connectivity index is -0.0000000397. The molecule has 3 aromatic carbocycles. The van der Waals surface area contributed by atoms with Crippen molar-refractivity contribution in [3.8, 4) is 0 Å². The van der Waals surface area contributed by atoms with E-state index in [-0.39, 0.29) is 246 Å². The van der Waals surface area contributed by atoms with E-state index in [4.69, 9.17) is 19.7 Å². The standard InChI is InChI=1S/C12H10.C7H6.3C5H6.CH3.2W.6Y/c1-3-9-4-2-6-11-8-7-10(5-1)12(9)11;1-7-5-3-2-4-6-7;3*1-3-5-4-2;;;;;;;;;/h1-6H,7-8H2;2-5H,1H2;3*1,3-5H,2H2;1H3;;;;;;;;/q;4*-2;-1;;+2;;;;;;+3. The van der Waals surface area contributed by atoms with Gasteiger partial charge in [0, 0.05) is 185 Å². The molecule has 0 heterocycles. The van der Waals surface area contributed by atoms with Gasteiger partial charge in [0.25, 0.3) is 0 Å². The second-order valence-corrected chi connectivity index (χ2v) is 6.68. The second-order valence-electron chi connectivity index (χ2n) is 6.68. The molecule has 0 aromatic heterocycles. The van der Waals surface area contributed by atoms with E-state index < -0.39 is 0 Å². The molecule has 1 aliphatic carbocycles. The van der Waals surface area contributed by atoms with Crippen LogP contribution in [-0.2, 0) is 251 Å². The van der Waals surface area contributed by atoms with Crippen LogP contribution in [0.25, 0.3) is 10.8 Å². The Morgan fingerprint density at radius 1 is 0.628 bits per heavy atom. The van der Waals surface area contributed by atoms with Crippen LogP contribution in [0.3, 0.4) is 0 Å². The Hall–Kier alpha value is 3.84. The summed E-state index contributed by atoms with van der Waals surface area (Å²) < 4.78 is 0. The van der Waals surface area contributed by atoms with Crippen molar-refractivity contribution in [1.29, 1.82) is 0 Å². The first-order chi connectivity index (χ1) is 16.6. The van der Waals surface area contributed by atoms with Crippen LogP contribution in [0, 0.1) is 60.9 Å². The van der Waals surface area contributed by atoms with Crippen molar-refractivity contribution >= 4 is 10.8 Å². The molecule has 5 radical (unpaired) electrons. The molecule has 0 N–H and O–H groups in total. The molecule has 0 unspecified atom stereocenters. The van der Waals surface area contributed by atoms with Gasteiger partial charge < -0.3 is 26.0 Å². The number of hydrogen-bond acceptors (Lipinski definition) is 0. The molecule has 0 atom stereocenters. The summed E-state index contributed by atoms with van der Waals surface area (Å²) in [6.45, 7) is 28.5. The predicted octanol–water partition coefficient (Wildman–Crippen LogP) is 9.14. The number of allylic oxidation sites excluding steroid dienone is 9. The SMILES string of the molecule is [CH-]=CC=C[CH2-].[CH-]=CC=C[CH2-].[CH-]=CC=C[CH2-].[CH2-]c1[c-]cccc1.[CH3-].[W+2].[W].[Y+3].[Y].[Y].[Y].[Y].[Y].c1cc2c3c(cccc3c1)CC2. The number of benzene rings is 3. The van der Waals surface area contributed by atoms with Crippen LogP contribution in [0.15, 0.2) is 115 Å². The van der Waals surface area contributed by atoms with Gasteiger partial charge in [-0.1, -0.05) is 36.4 Å². The van der Waals surface area contributed by atoms with E-state index in [1.54, 1.807) is 36.5 Å². The summed E-state index contributed by atoms with van der Waals surface area (Å²) in [7, 11) is 0. The maximum absolute atomic E-state index is 4.89. The van der Waals surface area contributed by atoms with Crippen molar-refractivity contribution in [3.05, 3.63) is 193 Å². The van der Waals surface area contributed by atoms with Gasteiger partial charge in [-0.25, -0.2) is 75.5 Å². The zero-order valence-electron chi connectivity index (χ0n) is 25.2. The van der Waals surface area contributed by atoms with Gasteiger partial charge in [0.2, 0.25) is 0 Å². The van der Waals surface area contributed by atoms with Crippen molar-refractivity contribution < 1.29 is 238 Å². The fourth-order valence-electron chi connectivity index (χ4n) is 2.85.